The fourth-order valence-corrected chi connectivity index (χ4v) is 2.54. The molecule has 1 aromatic carbocycles. The van der Waals surface area contributed by atoms with E-state index in [0.717, 1.165) is 47.5 Å². The highest BCUT2D eigenvalue weighted by atomic mass is 16.5. The lowest BCUT2D eigenvalue weighted by molar-refractivity contribution is 0.297. The molecule has 0 bridgehead atoms. The molecule has 2 aromatic rings. The maximum absolute atomic E-state index is 9.07. The van der Waals surface area contributed by atoms with Gasteiger partial charge >= 0.3 is 0 Å². The largest absolute Gasteiger partial charge is 0.487 e. The lowest BCUT2D eigenvalue weighted by atomic mass is 9.89. The van der Waals surface area contributed by atoms with E-state index in [0.29, 0.717) is 6.61 Å². The molecule has 4 heteroatoms. The summed E-state index contributed by atoms with van der Waals surface area (Å²) in [5.74, 6) is 0.856. The molecule has 1 aromatic heterocycles. The number of ether oxygens (including phenoxy) is 1. The zero-order valence-corrected chi connectivity index (χ0v) is 11.1. The van der Waals surface area contributed by atoms with Crippen molar-refractivity contribution >= 4 is 5.71 Å². The average Bonchev–Trinajstić information content (AvgIpc) is 2.53. The standard InChI is InChI=1S/C16H16N2O2/c19-18-15-8-3-7-14-13(15)6-4-9-16(14)20-11-12-5-1-2-10-17-12/h1-2,4-6,9-10,19H,3,7-8,11H2. The van der Waals surface area contributed by atoms with Crippen LogP contribution in [0, 0.1) is 0 Å². The van der Waals surface area contributed by atoms with Gasteiger partial charge in [0.15, 0.2) is 0 Å². The van der Waals surface area contributed by atoms with E-state index in [4.69, 9.17) is 9.94 Å². The lowest BCUT2D eigenvalue weighted by Gasteiger charge is -2.20. The van der Waals surface area contributed by atoms with E-state index in [1.165, 1.54) is 0 Å². The predicted octanol–water partition coefficient (Wildman–Crippen LogP) is 3.18. The number of hydrogen-bond donors (Lipinski definition) is 1. The molecule has 0 unspecified atom stereocenters. The number of oxime groups is 1. The highest BCUT2D eigenvalue weighted by molar-refractivity contribution is 6.02. The van der Waals surface area contributed by atoms with Crippen molar-refractivity contribution in [2.75, 3.05) is 0 Å². The molecule has 1 N–H and O–H groups in total. The van der Waals surface area contributed by atoms with Crippen LogP contribution in [0.2, 0.25) is 0 Å². The van der Waals surface area contributed by atoms with E-state index < -0.39 is 0 Å². The number of hydrogen-bond acceptors (Lipinski definition) is 4. The van der Waals surface area contributed by atoms with Crippen LogP contribution in [-0.2, 0) is 13.0 Å². The van der Waals surface area contributed by atoms with E-state index in [-0.39, 0.29) is 0 Å². The Morgan fingerprint density at radius 3 is 2.90 bits per heavy atom. The Kier molecular flexibility index (Phi) is 3.63. The molecule has 0 atom stereocenters. The summed E-state index contributed by atoms with van der Waals surface area (Å²) in [6.07, 6.45) is 4.51. The molecule has 1 aliphatic rings. The first-order chi connectivity index (χ1) is 9.88. The molecule has 0 aliphatic heterocycles. The molecule has 0 radical (unpaired) electrons. The van der Waals surface area contributed by atoms with E-state index in [1.807, 2.05) is 36.4 Å². The molecule has 0 amide bonds. The minimum Gasteiger partial charge on any atom is -0.487 e. The van der Waals surface area contributed by atoms with Crippen molar-refractivity contribution in [2.45, 2.75) is 25.9 Å². The van der Waals surface area contributed by atoms with Crippen LogP contribution in [0.15, 0.2) is 47.8 Å². The van der Waals surface area contributed by atoms with Crippen molar-refractivity contribution in [3.8, 4) is 5.75 Å². The van der Waals surface area contributed by atoms with Crippen LogP contribution < -0.4 is 4.74 Å². The monoisotopic (exact) mass is 268 g/mol. The summed E-state index contributed by atoms with van der Waals surface area (Å²) < 4.78 is 5.88. The van der Waals surface area contributed by atoms with Crippen molar-refractivity contribution in [2.24, 2.45) is 5.16 Å². The van der Waals surface area contributed by atoms with E-state index >= 15 is 0 Å². The van der Waals surface area contributed by atoms with Gasteiger partial charge in [0, 0.05) is 17.3 Å². The summed E-state index contributed by atoms with van der Waals surface area (Å²) in [6, 6.07) is 11.7. The number of fused-ring (bicyclic) bond motifs is 1. The summed E-state index contributed by atoms with van der Waals surface area (Å²) in [6.45, 7) is 0.447. The average molecular weight is 268 g/mol. The van der Waals surface area contributed by atoms with Crippen LogP contribution in [-0.4, -0.2) is 15.9 Å². The number of aromatic nitrogens is 1. The quantitative estimate of drug-likeness (QED) is 0.687. The van der Waals surface area contributed by atoms with Crippen molar-refractivity contribution in [3.63, 3.8) is 0 Å². The Bertz CT molecular complexity index is 624. The van der Waals surface area contributed by atoms with Crippen molar-refractivity contribution in [1.29, 1.82) is 0 Å². The molecule has 0 fully saturated rings. The van der Waals surface area contributed by atoms with Gasteiger partial charge < -0.3 is 9.94 Å². The van der Waals surface area contributed by atoms with E-state index in [1.54, 1.807) is 6.20 Å². The molecule has 0 spiro atoms. The summed E-state index contributed by atoms with van der Waals surface area (Å²) in [5, 5.41) is 12.5. The lowest BCUT2D eigenvalue weighted by Crippen LogP contribution is -2.13. The van der Waals surface area contributed by atoms with E-state index in [2.05, 4.69) is 10.1 Å². The molecule has 3 rings (SSSR count). The van der Waals surface area contributed by atoms with Crippen LogP contribution in [0.25, 0.3) is 0 Å². The fraction of sp³-hybridized carbons (Fsp3) is 0.250. The minimum absolute atomic E-state index is 0.447. The summed E-state index contributed by atoms with van der Waals surface area (Å²) in [4.78, 5) is 4.25. The first kappa shape index (κ1) is 12.7. The van der Waals surface area contributed by atoms with Gasteiger partial charge in [-0.05, 0) is 37.5 Å². The van der Waals surface area contributed by atoms with Gasteiger partial charge in [-0.2, -0.15) is 0 Å². The van der Waals surface area contributed by atoms with Crippen LogP contribution in [0.5, 0.6) is 5.75 Å². The van der Waals surface area contributed by atoms with Gasteiger partial charge in [0.2, 0.25) is 0 Å². The highest BCUT2D eigenvalue weighted by Gasteiger charge is 2.19. The first-order valence-electron chi connectivity index (χ1n) is 6.74. The van der Waals surface area contributed by atoms with Crippen LogP contribution >= 0.6 is 0 Å². The molecular weight excluding hydrogens is 252 g/mol. The SMILES string of the molecule is ON=C1CCCc2c(OCc3ccccn3)cccc21. The van der Waals surface area contributed by atoms with Gasteiger partial charge in [0.1, 0.15) is 12.4 Å². The normalized spacial score (nSPS) is 15.9. The third-order valence-corrected chi connectivity index (χ3v) is 3.51. The molecule has 1 aliphatic carbocycles. The van der Waals surface area contributed by atoms with Crippen molar-refractivity contribution in [1.82, 2.24) is 4.98 Å². The Morgan fingerprint density at radius 2 is 2.10 bits per heavy atom. The van der Waals surface area contributed by atoms with E-state index in [9.17, 15) is 0 Å². The molecule has 102 valence electrons. The summed E-state index contributed by atoms with van der Waals surface area (Å²) in [5.41, 5.74) is 3.77. The second-order valence-electron chi connectivity index (χ2n) is 4.79. The molecule has 4 nitrogen and oxygen atoms in total. The van der Waals surface area contributed by atoms with Crippen LogP contribution in [0.1, 0.15) is 29.7 Å². The van der Waals surface area contributed by atoms with Crippen molar-refractivity contribution < 1.29 is 9.94 Å². The molecule has 0 saturated heterocycles. The number of rotatable bonds is 3. The smallest absolute Gasteiger partial charge is 0.130 e. The Balaban J connectivity index is 1.84. The minimum atomic E-state index is 0.447. The van der Waals surface area contributed by atoms with Gasteiger partial charge in [-0.3, -0.25) is 4.98 Å². The third kappa shape index (κ3) is 2.50. The number of benzene rings is 1. The zero-order valence-electron chi connectivity index (χ0n) is 11.1. The second kappa shape index (κ2) is 5.74. The molecule has 1 heterocycles. The van der Waals surface area contributed by atoms with Gasteiger partial charge in [-0.25, -0.2) is 0 Å². The maximum Gasteiger partial charge on any atom is 0.130 e. The summed E-state index contributed by atoms with van der Waals surface area (Å²) in [7, 11) is 0. The Hall–Kier alpha value is -2.36. The molecule has 20 heavy (non-hydrogen) atoms. The number of pyridine rings is 1. The Labute approximate surface area is 117 Å². The van der Waals surface area contributed by atoms with Gasteiger partial charge in [0.05, 0.1) is 11.4 Å². The topological polar surface area (TPSA) is 54.7 Å². The highest BCUT2D eigenvalue weighted by Crippen LogP contribution is 2.30. The van der Waals surface area contributed by atoms with Gasteiger partial charge in [0.25, 0.3) is 0 Å². The van der Waals surface area contributed by atoms with Gasteiger partial charge in [-0.15, -0.1) is 0 Å². The van der Waals surface area contributed by atoms with Gasteiger partial charge in [-0.1, -0.05) is 23.4 Å². The molecular formula is C16H16N2O2. The third-order valence-electron chi connectivity index (χ3n) is 3.51. The fourth-order valence-electron chi connectivity index (χ4n) is 2.54. The second-order valence-corrected chi connectivity index (χ2v) is 4.79. The zero-order chi connectivity index (χ0) is 13.8. The van der Waals surface area contributed by atoms with Crippen molar-refractivity contribution in [3.05, 3.63) is 59.4 Å². The van der Waals surface area contributed by atoms with Crippen LogP contribution in [0.4, 0.5) is 0 Å². The summed E-state index contributed by atoms with van der Waals surface area (Å²) >= 11 is 0. The maximum atomic E-state index is 9.07. The molecule has 0 saturated carbocycles. The Morgan fingerprint density at radius 1 is 1.15 bits per heavy atom. The van der Waals surface area contributed by atoms with Crippen LogP contribution in [0.3, 0.4) is 0 Å². The first-order valence-corrected chi connectivity index (χ1v) is 6.74. The predicted molar refractivity (Wildman–Crippen MR) is 76.3 cm³/mol. The number of nitrogens with zero attached hydrogens (tertiary/aromatic N) is 2.